The summed E-state index contributed by atoms with van der Waals surface area (Å²) in [4.78, 5) is 40.7. The number of carbonyl (C=O) groups excluding carboxylic acids is 3. The summed E-state index contributed by atoms with van der Waals surface area (Å²) >= 11 is 4.22. The highest BCUT2D eigenvalue weighted by Crippen LogP contribution is 2.35. The van der Waals surface area contributed by atoms with Crippen LogP contribution in [-0.2, 0) is 30.3 Å². The summed E-state index contributed by atoms with van der Waals surface area (Å²) in [6, 6.07) is 6.10. The Morgan fingerprint density at radius 3 is 2.57 bits per heavy atom. The number of Topliss-reactive ketones (excluding diaryl/α,β-unsaturated/α-hetero) is 1. The van der Waals surface area contributed by atoms with Crippen LogP contribution in [0.2, 0.25) is 0 Å². The number of aromatic hydroxyl groups is 1. The lowest BCUT2D eigenvalue weighted by Gasteiger charge is -2.41. The van der Waals surface area contributed by atoms with Gasteiger partial charge in [0.15, 0.2) is 0 Å². The highest BCUT2D eigenvalue weighted by atomic mass is 32.1. The Kier molecular flexibility index (Phi) is 11.9. The normalized spacial score (nSPS) is 27.3. The number of piperidine rings is 1. The SMILES string of the molecule is CC.CCC(Cc1cccc(O)c1)C(C)OC(=O)C1CCCCN1C(=O)C(=O)C1(O)OC(S)CCC1C. The molecule has 0 aliphatic carbocycles. The third kappa shape index (κ3) is 7.71. The molecule has 37 heavy (non-hydrogen) atoms. The van der Waals surface area contributed by atoms with E-state index in [1.165, 1.54) is 4.90 Å². The molecule has 3 rings (SSSR count). The summed E-state index contributed by atoms with van der Waals surface area (Å²) in [6.07, 6.45) is 3.76. The first-order valence-electron chi connectivity index (χ1n) is 13.5. The summed E-state index contributed by atoms with van der Waals surface area (Å²) in [6.45, 7) is 9.72. The van der Waals surface area contributed by atoms with Crippen LogP contribution < -0.4 is 0 Å². The second kappa shape index (κ2) is 14.2. The van der Waals surface area contributed by atoms with Crippen molar-refractivity contribution in [2.45, 2.75) is 103 Å². The molecule has 0 spiro atoms. The molecule has 1 amide bonds. The first kappa shape index (κ1) is 31.1. The van der Waals surface area contributed by atoms with Gasteiger partial charge in [-0.25, -0.2) is 4.79 Å². The van der Waals surface area contributed by atoms with Crippen LogP contribution in [0.5, 0.6) is 5.75 Å². The fraction of sp³-hybridized carbons (Fsp3) is 0.679. The van der Waals surface area contributed by atoms with Crippen molar-refractivity contribution in [1.82, 2.24) is 4.90 Å². The number of carbonyl (C=O) groups is 3. The lowest BCUT2D eigenvalue weighted by molar-refractivity contribution is -0.247. The first-order valence-corrected chi connectivity index (χ1v) is 14.0. The number of likely N-dealkylation sites (tertiary alicyclic amines) is 1. The van der Waals surface area contributed by atoms with Crippen molar-refractivity contribution in [3.05, 3.63) is 29.8 Å². The van der Waals surface area contributed by atoms with E-state index in [2.05, 4.69) is 12.6 Å². The second-order valence-electron chi connectivity index (χ2n) is 9.77. The molecule has 8 nitrogen and oxygen atoms in total. The van der Waals surface area contributed by atoms with Crippen molar-refractivity contribution < 1.29 is 34.1 Å². The van der Waals surface area contributed by atoms with Gasteiger partial charge in [0.05, 0.1) is 0 Å². The molecule has 2 heterocycles. The van der Waals surface area contributed by atoms with E-state index in [0.29, 0.717) is 32.1 Å². The fourth-order valence-electron chi connectivity index (χ4n) is 4.94. The Morgan fingerprint density at radius 1 is 1.22 bits per heavy atom. The fourth-order valence-corrected chi connectivity index (χ4v) is 5.25. The minimum atomic E-state index is -2.25. The number of thiol groups is 1. The molecule has 208 valence electrons. The van der Waals surface area contributed by atoms with Crippen LogP contribution in [0, 0.1) is 11.8 Å². The van der Waals surface area contributed by atoms with Gasteiger partial charge in [0.2, 0.25) is 5.79 Å². The number of rotatable bonds is 8. The smallest absolute Gasteiger partial charge is 0.329 e. The Bertz CT molecular complexity index is 926. The van der Waals surface area contributed by atoms with E-state index in [0.717, 1.165) is 18.4 Å². The van der Waals surface area contributed by atoms with Gasteiger partial charge in [-0.05, 0) is 75.5 Å². The van der Waals surface area contributed by atoms with Crippen LogP contribution in [0.15, 0.2) is 24.3 Å². The van der Waals surface area contributed by atoms with Crippen LogP contribution in [0.1, 0.15) is 78.7 Å². The van der Waals surface area contributed by atoms with Gasteiger partial charge >= 0.3 is 5.97 Å². The van der Waals surface area contributed by atoms with Gasteiger partial charge in [0.1, 0.15) is 23.3 Å². The molecule has 2 aliphatic heterocycles. The summed E-state index contributed by atoms with van der Waals surface area (Å²) in [7, 11) is 0. The van der Waals surface area contributed by atoms with Crippen molar-refractivity contribution in [2.24, 2.45) is 11.8 Å². The molecule has 2 aliphatic rings. The minimum Gasteiger partial charge on any atom is -0.508 e. The van der Waals surface area contributed by atoms with E-state index in [4.69, 9.17) is 9.47 Å². The Balaban J connectivity index is 0.00000235. The third-order valence-electron chi connectivity index (χ3n) is 7.28. The van der Waals surface area contributed by atoms with Gasteiger partial charge in [-0.3, -0.25) is 9.59 Å². The number of ether oxygens (including phenoxy) is 2. The van der Waals surface area contributed by atoms with Crippen LogP contribution in [0.25, 0.3) is 0 Å². The molecule has 6 unspecified atom stereocenters. The zero-order chi connectivity index (χ0) is 27.8. The number of phenolic OH excluding ortho intramolecular Hbond substituents is 1. The lowest BCUT2D eigenvalue weighted by Crippen LogP contribution is -2.60. The molecule has 6 atom stereocenters. The monoisotopic (exact) mass is 537 g/mol. The molecule has 2 fully saturated rings. The number of hydrogen-bond donors (Lipinski definition) is 3. The number of ketones is 1. The molecule has 0 aromatic heterocycles. The quantitative estimate of drug-likeness (QED) is 0.258. The molecular weight excluding hydrogens is 494 g/mol. The van der Waals surface area contributed by atoms with Gasteiger partial charge in [-0.1, -0.05) is 39.8 Å². The number of esters is 1. The van der Waals surface area contributed by atoms with Crippen molar-refractivity contribution in [1.29, 1.82) is 0 Å². The van der Waals surface area contributed by atoms with E-state index in [-0.39, 0.29) is 18.2 Å². The van der Waals surface area contributed by atoms with Crippen molar-refractivity contribution in [2.75, 3.05) is 6.54 Å². The third-order valence-corrected chi connectivity index (χ3v) is 7.65. The number of hydrogen-bond acceptors (Lipinski definition) is 8. The number of phenols is 1. The highest BCUT2D eigenvalue weighted by molar-refractivity contribution is 7.80. The van der Waals surface area contributed by atoms with E-state index in [1.807, 2.05) is 33.8 Å². The van der Waals surface area contributed by atoms with E-state index in [1.54, 1.807) is 25.1 Å². The number of nitrogens with zero attached hydrogens (tertiary/aromatic N) is 1. The highest BCUT2D eigenvalue weighted by Gasteiger charge is 2.52. The maximum absolute atomic E-state index is 13.2. The van der Waals surface area contributed by atoms with Crippen LogP contribution in [0.3, 0.4) is 0 Å². The predicted octanol–water partition coefficient (Wildman–Crippen LogP) is 4.26. The maximum atomic E-state index is 13.2. The average molecular weight is 538 g/mol. The van der Waals surface area contributed by atoms with Crippen LogP contribution in [-0.4, -0.2) is 62.7 Å². The molecule has 0 saturated carbocycles. The lowest BCUT2D eigenvalue weighted by atomic mass is 9.88. The summed E-state index contributed by atoms with van der Waals surface area (Å²) in [5.74, 6) is -5.17. The average Bonchev–Trinajstić information content (AvgIpc) is 2.89. The Morgan fingerprint density at radius 2 is 1.92 bits per heavy atom. The maximum Gasteiger partial charge on any atom is 0.329 e. The summed E-state index contributed by atoms with van der Waals surface area (Å²) in [5, 5.41) is 20.7. The number of benzene rings is 1. The zero-order valence-corrected chi connectivity index (χ0v) is 23.6. The minimum absolute atomic E-state index is 0.0136. The molecule has 2 saturated heterocycles. The Hall–Kier alpha value is -2.10. The molecule has 1 aromatic carbocycles. The summed E-state index contributed by atoms with van der Waals surface area (Å²) in [5.41, 5.74) is 0.297. The molecule has 9 heteroatoms. The number of aliphatic hydroxyl groups is 1. The van der Waals surface area contributed by atoms with E-state index in [9.17, 15) is 24.6 Å². The summed E-state index contributed by atoms with van der Waals surface area (Å²) < 4.78 is 11.2. The van der Waals surface area contributed by atoms with Gasteiger partial charge in [-0.15, -0.1) is 12.6 Å². The molecule has 1 aromatic rings. The van der Waals surface area contributed by atoms with Crippen molar-refractivity contribution in [3.63, 3.8) is 0 Å². The number of amides is 1. The largest absolute Gasteiger partial charge is 0.508 e. The van der Waals surface area contributed by atoms with Crippen LogP contribution >= 0.6 is 12.6 Å². The van der Waals surface area contributed by atoms with E-state index < -0.39 is 46.9 Å². The van der Waals surface area contributed by atoms with Gasteiger partial charge in [-0.2, -0.15) is 0 Å². The first-order chi connectivity index (χ1) is 17.6. The zero-order valence-electron chi connectivity index (χ0n) is 22.7. The molecular formula is C28H43NO7S. The topological polar surface area (TPSA) is 113 Å². The standard InChI is InChI=1S/C26H37NO7S.C2H6/c1-4-19(14-18-8-7-9-20(28)15-18)17(3)33-25(31)21-10-5-6-13-27(21)24(30)23(29)26(32)16(2)11-12-22(35)34-26;1-2/h7-9,15-17,19,21-22,28,32,35H,4-6,10-14H2,1-3H3;1-2H3. The van der Waals surface area contributed by atoms with Gasteiger partial charge in [0, 0.05) is 12.5 Å². The Labute approximate surface area is 226 Å². The van der Waals surface area contributed by atoms with Crippen LogP contribution in [0.4, 0.5) is 0 Å². The molecule has 0 bridgehead atoms. The second-order valence-corrected chi connectivity index (χ2v) is 10.3. The van der Waals surface area contributed by atoms with Gasteiger partial charge < -0.3 is 24.6 Å². The molecule has 0 radical (unpaired) electrons. The predicted molar refractivity (Wildman–Crippen MR) is 144 cm³/mol. The van der Waals surface area contributed by atoms with Crippen molar-refractivity contribution in [3.8, 4) is 5.75 Å². The molecule has 2 N–H and O–H groups in total. The van der Waals surface area contributed by atoms with Gasteiger partial charge in [0.25, 0.3) is 11.7 Å². The van der Waals surface area contributed by atoms with Crippen molar-refractivity contribution >= 4 is 30.3 Å². The van der Waals surface area contributed by atoms with E-state index >= 15 is 0 Å².